The molecule has 0 radical (unpaired) electrons. The fraction of sp³-hybridized carbons (Fsp3) is 0.512. The molecular weight excluding hydrogens is 713 g/mol. The molecule has 294 valence electrons. The molecule has 55 heavy (non-hydrogen) atoms. The number of aldehydes is 1. The van der Waals surface area contributed by atoms with E-state index < -0.39 is 21.2 Å². The zero-order chi connectivity index (χ0) is 39.2. The van der Waals surface area contributed by atoms with Gasteiger partial charge >= 0.3 is 0 Å². The average Bonchev–Trinajstić information content (AvgIpc) is 3.88. The highest BCUT2D eigenvalue weighted by Gasteiger charge is 2.34. The Kier molecular flexibility index (Phi) is 11.1. The number of aromatic nitrogens is 3. The molecule has 2 saturated carbocycles. The molecule has 4 aliphatic rings. The number of nitrogens with zero attached hydrogens (tertiary/aromatic N) is 5. The number of sulfonamides is 1. The van der Waals surface area contributed by atoms with E-state index in [2.05, 4.69) is 64.3 Å². The Balaban J connectivity index is 0.000000406. The molecule has 2 aromatic carbocycles. The van der Waals surface area contributed by atoms with Crippen LogP contribution in [0.2, 0.25) is 0 Å². The molecule has 11 nitrogen and oxygen atoms in total. The van der Waals surface area contributed by atoms with Crippen molar-refractivity contribution >= 4 is 44.8 Å². The van der Waals surface area contributed by atoms with Crippen LogP contribution in [0.4, 0.5) is 0 Å². The van der Waals surface area contributed by atoms with Crippen LogP contribution in [0.15, 0.2) is 42.6 Å². The van der Waals surface area contributed by atoms with Crippen LogP contribution in [0.5, 0.6) is 5.75 Å². The lowest BCUT2D eigenvalue weighted by Gasteiger charge is -2.40. The number of ether oxygens (including phenoxy) is 1. The number of nitrogens with one attached hydrogen (secondary N) is 1. The highest BCUT2D eigenvalue weighted by molar-refractivity contribution is 7.90. The van der Waals surface area contributed by atoms with E-state index in [4.69, 9.17) is 4.74 Å². The van der Waals surface area contributed by atoms with Gasteiger partial charge in [0.2, 0.25) is 10.0 Å². The Hall–Kier alpha value is -4.26. The van der Waals surface area contributed by atoms with E-state index in [9.17, 15) is 18.0 Å². The molecule has 2 aliphatic carbocycles. The number of hydrogen-bond donors (Lipinski definition) is 1. The van der Waals surface area contributed by atoms with Crippen molar-refractivity contribution in [1.29, 1.82) is 0 Å². The van der Waals surface area contributed by atoms with Gasteiger partial charge in [-0.15, -0.1) is 0 Å². The highest BCUT2D eigenvalue weighted by Crippen LogP contribution is 2.48. The lowest BCUT2D eigenvalue weighted by atomic mass is 9.81. The smallest absolute Gasteiger partial charge is 0.264 e. The predicted octanol–water partition coefficient (Wildman–Crippen LogP) is 7.37. The van der Waals surface area contributed by atoms with Gasteiger partial charge in [-0.3, -0.25) is 19.2 Å². The fourth-order valence-electron chi connectivity index (χ4n) is 8.69. The van der Waals surface area contributed by atoms with Gasteiger partial charge in [0.1, 0.15) is 5.75 Å². The average molecular weight is 769 g/mol. The molecule has 1 amide bonds. The van der Waals surface area contributed by atoms with Crippen molar-refractivity contribution in [2.24, 2.45) is 0 Å². The molecule has 1 saturated heterocycles. The van der Waals surface area contributed by atoms with E-state index in [0.29, 0.717) is 30.1 Å². The first-order valence-electron chi connectivity index (χ1n) is 19.9. The van der Waals surface area contributed by atoms with Crippen LogP contribution < -0.4 is 9.46 Å². The first kappa shape index (κ1) is 39.0. The van der Waals surface area contributed by atoms with Crippen LogP contribution >= 0.6 is 0 Å². The topological polar surface area (TPSA) is 119 Å². The number of fused-ring (bicyclic) bond motifs is 5. The number of allylic oxidation sites excluding steroid dienone is 1. The van der Waals surface area contributed by atoms with Gasteiger partial charge < -0.3 is 14.2 Å². The van der Waals surface area contributed by atoms with E-state index in [-0.39, 0.29) is 11.6 Å². The first-order chi connectivity index (χ1) is 26.3. The predicted molar refractivity (Wildman–Crippen MR) is 219 cm³/mol. The van der Waals surface area contributed by atoms with Crippen molar-refractivity contribution < 1.29 is 22.7 Å². The molecule has 3 fully saturated rings. The van der Waals surface area contributed by atoms with Crippen LogP contribution in [0.25, 0.3) is 33.8 Å². The van der Waals surface area contributed by atoms with Crippen LogP contribution in [0.3, 0.4) is 0 Å². The number of carbonyl (C=O) groups is 2. The van der Waals surface area contributed by atoms with Crippen molar-refractivity contribution in [1.82, 2.24) is 28.9 Å². The largest absolute Gasteiger partial charge is 0.497 e. The van der Waals surface area contributed by atoms with E-state index >= 15 is 0 Å². The zero-order valence-corrected chi connectivity index (χ0v) is 34.2. The van der Waals surface area contributed by atoms with Gasteiger partial charge in [0.05, 0.1) is 48.1 Å². The van der Waals surface area contributed by atoms with Crippen LogP contribution in [0.1, 0.15) is 122 Å². The summed E-state index contributed by atoms with van der Waals surface area (Å²) in [5.74, 6) is 0.437. The molecule has 2 aliphatic heterocycles. The molecule has 2 aromatic heterocycles. The van der Waals surface area contributed by atoms with Gasteiger partial charge in [-0.2, -0.15) is 5.10 Å². The second-order valence-corrected chi connectivity index (χ2v) is 18.6. The van der Waals surface area contributed by atoms with Crippen LogP contribution in [-0.4, -0.2) is 96.4 Å². The number of amides is 1. The standard InChI is InChI=1S/C35H38N4O5S.C8H18N2/c1-21(2)45(42,43)37-35(41)23-9-13-30-31(17-23)38-19-25(33-26(20-40)18-36-39(33)27-10-11-27)15-24-16-28(44-3)12-14-29(24)34(38)32(30)22-7-5-4-6-8-22;1-7-5-9(3)6-8(2)10(7)4/h9,12-18,20-22,27H,4-8,10-11,19H2,1-3H3,(H,37,41);7-8H,5-6H2,1-4H3/t;7-,8+. The van der Waals surface area contributed by atoms with Crippen molar-refractivity contribution in [3.05, 3.63) is 70.5 Å². The van der Waals surface area contributed by atoms with Crippen molar-refractivity contribution in [3.63, 3.8) is 0 Å². The SMILES string of the molecule is COc1ccc2c(c1)C=C(c1c(C=O)cnn1C1CC1)Cn1c-2c(C2CCCCC2)c2ccc(C(=O)NS(=O)(=O)C(C)C)cc21.C[C@@H]1CN(C)C[C@H](C)N1C. The van der Waals surface area contributed by atoms with Crippen molar-refractivity contribution in [2.75, 3.05) is 34.3 Å². The second-order valence-electron chi connectivity index (χ2n) is 16.4. The Labute approximate surface area is 325 Å². The Bertz CT molecular complexity index is 2210. The summed E-state index contributed by atoms with van der Waals surface area (Å²) >= 11 is 0. The quantitative estimate of drug-likeness (QED) is 0.185. The summed E-state index contributed by atoms with van der Waals surface area (Å²) in [6.07, 6.45) is 12.4. The third-order valence-corrected chi connectivity index (χ3v) is 13.8. The lowest BCUT2D eigenvalue weighted by molar-refractivity contribution is 0.0761. The van der Waals surface area contributed by atoms with Gasteiger partial charge in [0, 0.05) is 47.2 Å². The Morgan fingerprint density at radius 2 is 1.67 bits per heavy atom. The normalized spacial score (nSPS) is 20.9. The summed E-state index contributed by atoms with van der Waals surface area (Å²) in [5.41, 5.74) is 7.85. The summed E-state index contributed by atoms with van der Waals surface area (Å²) in [6.45, 7) is 10.5. The maximum Gasteiger partial charge on any atom is 0.264 e. The number of carbonyl (C=O) groups excluding carboxylic acids is 2. The fourth-order valence-corrected chi connectivity index (χ4v) is 9.30. The van der Waals surface area contributed by atoms with Gasteiger partial charge in [-0.25, -0.2) is 13.1 Å². The number of hydrogen-bond acceptors (Lipinski definition) is 8. The summed E-state index contributed by atoms with van der Waals surface area (Å²) in [5, 5.41) is 4.95. The molecule has 8 rings (SSSR count). The van der Waals surface area contributed by atoms with Crippen LogP contribution in [-0.2, 0) is 16.6 Å². The summed E-state index contributed by atoms with van der Waals surface area (Å²) in [4.78, 5) is 30.5. The van der Waals surface area contributed by atoms with Crippen LogP contribution in [0, 0.1) is 0 Å². The summed E-state index contributed by atoms with van der Waals surface area (Å²) < 4.78 is 37.3. The molecule has 0 unspecified atom stereocenters. The third-order valence-electron chi connectivity index (χ3n) is 12.1. The number of methoxy groups -OCH3 is 1. The van der Waals surface area contributed by atoms with Gasteiger partial charge in [-0.05, 0) is 126 Å². The van der Waals surface area contributed by atoms with E-state index in [1.54, 1.807) is 33.2 Å². The Morgan fingerprint density at radius 3 is 2.31 bits per heavy atom. The number of benzene rings is 2. The molecule has 4 aromatic rings. The van der Waals surface area contributed by atoms with E-state index in [1.165, 1.54) is 25.1 Å². The molecule has 1 N–H and O–H groups in total. The number of likely N-dealkylation sites (N-methyl/N-ethyl adjacent to an activating group) is 2. The molecule has 4 heterocycles. The van der Waals surface area contributed by atoms with Gasteiger partial charge in [0.25, 0.3) is 5.91 Å². The highest BCUT2D eigenvalue weighted by atomic mass is 32.2. The Morgan fingerprint density at radius 1 is 0.964 bits per heavy atom. The number of piperazine rings is 1. The molecule has 0 bridgehead atoms. The monoisotopic (exact) mass is 768 g/mol. The zero-order valence-electron chi connectivity index (χ0n) is 33.3. The summed E-state index contributed by atoms with van der Waals surface area (Å²) in [7, 11) is 2.26. The summed E-state index contributed by atoms with van der Waals surface area (Å²) in [6, 6.07) is 13.4. The maximum absolute atomic E-state index is 13.3. The molecular formula is C43H56N6O5S. The first-order valence-corrected chi connectivity index (χ1v) is 21.4. The number of rotatable bonds is 8. The van der Waals surface area contributed by atoms with E-state index in [1.807, 2.05) is 28.9 Å². The maximum atomic E-state index is 13.3. The minimum atomic E-state index is -3.80. The van der Waals surface area contributed by atoms with Crippen molar-refractivity contribution in [3.8, 4) is 17.0 Å². The molecule has 0 spiro atoms. The van der Waals surface area contributed by atoms with Gasteiger partial charge in [-0.1, -0.05) is 25.3 Å². The lowest BCUT2D eigenvalue weighted by Crippen LogP contribution is -2.53. The van der Waals surface area contributed by atoms with E-state index in [0.717, 1.165) is 89.6 Å². The van der Waals surface area contributed by atoms with Crippen molar-refractivity contribution in [2.45, 2.75) is 108 Å². The van der Waals surface area contributed by atoms with Gasteiger partial charge in [0.15, 0.2) is 6.29 Å². The molecule has 2 atom stereocenters. The minimum absolute atomic E-state index is 0.263. The minimum Gasteiger partial charge on any atom is -0.497 e. The third kappa shape index (κ3) is 7.78. The molecule has 12 heteroatoms. The second kappa shape index (κ2) is 15.7.